The van der Waals surface area contributed by atoms with Crippen molar-refractivity contribution in [2.75, 3.05) is 23.5 Å². The van der Waals surface area contributed by atoms with E-state index in [0.717, 1.165) is 13.2 Å². The van der Waals surface area contributed by atoms with E-state index in [-0.39, 0.29) is 0 Å². The molecule has 3 nitrogen and oxygen atoms in total. The van der Waals surface area contributed by atoms with Crippen molar-refractivity contribution in [3.63, 3.8) is 0 Å². The van der Waals surface area contributed by atoms with Gasteiger partial charge in [-0.2, -0.15) is 5.26 Å². The van der Waals surface area contributed by atoms with Gasteiger partial charge in [-0.25, -0.2) is 0 Å². The lowest BCUT2D eigenvalue weighted by Crippen LogP contribution is -2.27. The Morgan fingerprint density at radius 1 is 1.05 bits per heavy atom. The Balaban J connectivity index is 1.83. The van der Waals surface area contributed by atoms with E-state index < -0.39 is 0 Å². The molecule has 2 aromatic rings. The summed E-state index contributed by atoms with van der Waals surface area (Å²) < 4.78 is 0. The van der Waals surface area contributed by atoms with Gasteiger partial charge in [0.25, 0.3) is 0 Å². The minimum atomic E-state index is 0.711. The predicted molar refractivity (Wildman–Crippen MR) is 77.1 cm³/mol. The van der Waals surface area contributed by atoms with Crippen LogP contribution in [-0.2, 0) is 6.54 Å². The van der Waals surface area contributed by atoms with Crippen LogP contribution in [0.5, 0.6) is 0 Å². The van der Waals surface area contributed by atoms with Gasteiger partial charge in [0.15, 0.2) is 0 Å². The molecule has 0 saturated heterocycles. The van der Waals surface area contributed by atoms with Crippen molar-refractivity contribution >= 4 is 11.4 Å². The molecule has 0 radical (unpaired) electrons. The molecule has 0 amide bonds. The molecule has 3 heteroatoms. The van der Waals surface area contributed by atoms with Crippen molar-refractivity contribution in [2.24, 2.45) is 0 Å². The molecule has 19 heavy (non-hydrogen) atoms. The maximum absolute atomic E-state index is 8.81. The van der Waals surface area contributed by atoms with Gasteiger partial charge in [-0.15, -0.1) is 0 Å². The smallest absolute Gasteiger partial charge is 0.0991 e. The first kappa shape index (κ1) is 11.6. The Labute approximate surface area is 113 Å². The van der Waals surface area contributed by atoms with Crippen LogP contribution in [0.1, 0.15) is 11.1 Å². The fraction of sp³-hybridized carbons (Fsp3) is 0.188. The monoisotopic (exact) mass is 249 g/mol. The quantitative estimate of drug-likeness (QED) is 0.819. The van der Waals surface area contributed by atoms with Gasteiger partial charge in [0.1, 0.15) is 0 Å². The highest BCUT2D eigenvalue weighted by Crippen LogP contribution is 2.35. The van der Waals surface area contributed by atoms with Gasteiger partial charge in [-0.1, -0.05) is 24.3 Å². The fourth-order valence-electron chi connectivity index (χ4n) is 2.50. The topological polar surface area (TPSA) is 30.3 Å². The van der Waals surface area contributed by atoms with Crippen LogP contribution in [0.4, 0.5) is 11.4 Å². The number of benzene rings is 2. The van der Waals surface area contributed by atoms with Crippen molar-refractivity contribution in [2.45, 2.75) is 6.54 Å². The third-order valence-electron chi connectivity index (χ3n) is 3.47. The van der Waals surface area contributed by atoms with Crippen LogP contribution in [0.15, 0.2) is 48.5 Å². The third kappa shape index (κ3) is 2.13. The number of anilines is 2. The second kappa shape index (κ2) is 4.66. The highest BCUT2D eigenvalue weighted by molar-refractivity contribution is 5.75. The summed E-state index contributed by atoms with van der Waals surface area (Å²) in [7, 11) is 2.11. The molecule has 2 aromatic carbocycles. The zero-order valence-corrected chi connectivity index (χ0v) is 10.9. The molecular formula is C16H15N3. The largest absolute Gasteiger partial charge is 0.355 e. The maximum atomic E-state index is 8.81. The first-order chi connectivity index (χ1) is 9.28. The molecule has 1 aliphatic rings. The molecule has 0 saturated carbocycles. The molecule has 1 aliphatic heterocycles. The van der Waals surface area contributed by atoms with E-state index in [1.807, 2.05) is 24.3 Å². The first-order valence-electron chi connectivity index (χ1n) is 6.32. The molecule has 1 heterocycles. The summed E-state index contributed by atoms with van der Waals surface area (Å²) >= 11 is 0. The van der Waals surface area contributed by atoms with Crippen LogP contribution in [0, 0.1) is 11.3 Å². The number of para-hydroxylation sites is 2. The van der Waals surface area contributed by atoms with E-state index in [1.165, 1.54) is 16.9 Å². The van der Waals surface area contributed by atoms with E-state index in [9.17, 15) is 0 Å². The van der Waals surface area contributed by atoms with Crippen molar-refractivity contribution in [3.8, 4) is 6.07 Å². The zero-order valence-electron chi connectivity index (χ0n) is 10.9. The summed E-state index contributed by atoms with van der Waals surface area (Å²) in [6, 6.07) is 18.4. The lowest BCUT2D eigenvalue weighted by Gasteiger charge is -2.19. The Morgan fingerprint density at radius 2 is 1.74 bits per heavy atom. The average molecular weight is 249 g/mol. The second-order valence-electron chi connectivity index (χ2n) is 4.83. The number of fused-ring (bicyclic) bond motifs is 1. The molecule has 0 spiro atoms. The minimum Gasteiger partial charge on any atom is -0.355 e. The second-order valence-corrected chi connectivity index (χ2v) is 4.83. The van der Waals surface area contributed by atoms with Crippen LogP contribution in [0.3, 0.4) is 0 Å². The molecule has 0 N–H and O–H groups in total. The first-order valence-corrected chi connectivity index (χ1v) is 6.32. The number of hydrogen-bond acceptors (Lipinski definition) is 3. The molecule has 0 atom stereocenters. The van der Waals surface area contributed by atoms with Crippen molar-refractivity contribution in [1.82, 2.24) is 0 Å². The Bertz CT molecular complexity index is 625. The van der Waals surface area contributed by atoms with Crippen molar-refractivity contribution < 1.29 is 0 Å². The number of nitriles is 1. The van der Waals surface area contributed by atoms with Crippen LogP contribution in [-0.4, -0.2) is 13.7 Å². The van der Waals surface area contributed by atoms with Gasteiger partial charge in [0.05, 0.1) is 29.7 Å². The highest BCUT2D eigenvalue weighted by Gasteiger charge is 2.22. The summed E-state index contributed by atoms with van der Waals surface area (Å²) in [5.41, 5.74) is 4.48. The maximum Gasteiger partial charge on any atom is 0.0991 e. The van der Waals surface area contributed by atoms with E-state index >= 15 is 0 Å². The normalized spacial score (nSPS) is 13.3. The van der Waals surface area contributed by atoms with Crippen LogP contribution in [0.25, 0.3) is 0 Å². The number of rotatable bonds is 2. The SMILES string of the molecule is CN1CN(Cc2ccc(C#N)cc2)c2ccccc21. The molecular weight excluding hydrogens is 234 g/mol. The summed E-state index contributed by atoms with van der Waals surface area (Å²) in [5, 5.41) is 8.81. The van der Waals surface area contributed by atoms with E-state index in [0.29, 0.717) is 5.56 Å². The number of nitrogens with zero attached hydrogens (tertiary/aromatic N) is 3. The zero-order chi connectivity index (χ0) is 13.2. The molecule has 0 aromatic heterocycles. The fourth-order valence-corrected chi connectivity index (χ4v) is 2.50. The molecule has 0 fully saturated rings. The Morgan fingerprint density at radius 3 is 2.42 bits per heavy atom. The molecule has 0 unspecified atom stereocenters. The van der Waals surface area contributed by atoms with Gasteiger partial charge in [-0.3, -0.25) is 0 Å². The predicted octanol–water partition coefficient (Wildman–Crippen LogP) is 2.97. The van der Waals surface area contributed by atoms with Gasteiger partial charge in [0, 0.05) is 13.6 Å². The molecule has 94 valence electrons. The molecule has 3 rings (SSSR count). The van der Waals surface area contributed by atoms with Crippen molar-refractivity contribution in [3.05, 3.63) is 59.7 Å². The number of hydrogen-bond donors (Lipinski definition) is 0. The summed E-state index contributed by atoms with van der Waals surface area (Å²) in [6.45, 7) is 1.77. The Kier molecular flexibility index (Phi) is 2.85. The van der Waals surface area contributed by atoms with E-state index in [1.54, 1.807) is 0 Å². The molecule has 0 aliphatic carbocycles. The summed E-state index contributed by atoms with van der Waals surface area (Å²) in [5.74, 6) is 0. The van der Waals surface area contributed by atoms with Gasteiger partial charge < -0.3 is 9.80 Å². The molecule has 0 bridgehead atoms. The Hall–Kier alpha value is -2.47. The summed E-state index contributed by atoms with van der Waals surface area (Å²) in [4.78, 5) is 4.59. The lowest BCUT2D eigenvalue weighted by atomic mass is 10.1. The van der Waals surface area contributed by atoms with Gasteiger partial charge in [-0.05, 0) is 29.8 Å². The minimum absolute atomic E-state index is 0.711. The summed E-state index contributed by atoms with van der Waals surface area (Å²) in [6.07, 6.45) is 0. The highest BCUT2D eigenvalue weighted by atomic mass is 15.4. The van der Waals surface area contributed by atoms with Crippen LogP contribution >= 0.6 is 0 Å². The average Bonchev–Trinajstić information content (AvgIpc) is 2.77. The lowest BCUT2D eigenvalue weighted by molar-refractivity contribution is 0.816. The van der Waals surface area contributed by atoms with E-state index in [2.05, 4.69) is 47.2 Å². The van der Waals surface area contributed by atoms with E-state index in [4.69, 9.17) is 5.26 Å². The van der Waals surface area contributed by atoms with Crippen LogP contribution in [0.2, 0.25) is 0 Å². The van der Waals surface area contributed by atoms with Gasteiger partial charge in [0.2, 0.25) is 0 Å². The van der Waals surface area contributed by atoms with Crippen LogP contribution < -0.4 is 9.80 Å². The van der Waals surface area contributed by atoms with Gasteiger partial charge >= 0.3 is 0 Å². The standard InChI is InChI=1S/C16H15N3/c1-18-12-19(16-5-3-2-4-15(16)18)11-14-8-6-13(10-17)7-9-14/h2-9H,11-12H2,1H3. The van der Waals surface area contributed by atoms with Crippen molar-refractivity contribution in [1.29, 1.82) is 5.26 Å². The third-order valence-corrected chi connectivity index (χ3v) is 3.47.